The summed E-state index contributed by atoms with van der Waals surface area (Å²) in [5, 5.41) is 3.20. The molecule has 2 rings (SSSR count). The van der Waals surface area contributed by atoms with E-state index in [2.05, 4.69) is 10.0 Å². The second-order valence-corrected chi connectivity index (χ2v) is 8.73. The molecule has 1 aromatic heterocycles. The van der Waals surface area contributed by atoms with Gasteiger partial charge in [-0.1, -0.05) is 6.92 Å². The van der Waals surface area contributed by atoms with Crippen molar-refractivity contribution in [1.29, 1.82) is 0 Å². The highest BCUT2D eigenvalue weighted by Crippen LogP contribution is 2.48. The van der Waals surface area contributed by atoms with Crippen LogP contribution in [-0.4, -0.2) is 35.2 Å². The third-order valence-corrected chi connectivity index (χ3v) is 6.86. The average Bonchev–Trinajstić information content (AvgIpc) is 3.08. The first-order valence-corrected chi connectivity index (χ1v) is 9.59. The van der Waals surface area contributed by atoms with Gasteiger partial charge in [0, 0.05) is 31.7 Å². The van der Waals surface area contributed by atoms with E-state index < -0.39 is 10.0 Å². The van der Waals surface area contributed by atoms with Crippen LogP contribution in [0.1, 0.15) is 31.1 Å². The van der Waals surface area contributed by atoms with Crippen LogP contribution in [0.4, 0.5) is 0 Å². The van der Waals surface area contributed by atoms with Crippen LogP contribution in [0.25, 0.3) is 0 Å². The lowest BCUT2D eigenvalue weighted by Crippen LogP contribution is -2.30. The van der Waals surface area contributed by atoms with E-state index in [1.807, 2.05) is 13.0 Å². The summed E-state index contributed by atoms with van der Waals surface area (Å²) in [5.41, 5.74) is 0.118. The van der Waals surface area contributed by atoms with E-state index in [1.54, 1.807) is 13.2 Å². The van der Waals surface area contributed by atoms with Crippen LogP contribution in [-0.2, 0) is 21.3 Å². The Morgan fingerprint density at radius 1 is 1.38 bits per heavy atom. The lowest BCUT2D eigenvalue weighted by molar-refractivity contribution is 0.173. The van der Waals surface area contributed by atoms with Crippen LogP contribution in [0, 0.1) is 5.41 Å². The van der Waals surface area contributed by atoms with Gasteiger partial charge in [-0.15, -0.1) is 11.3 Å². The smallest absolute Gasteiger partial charge is 0.250 e. The SMILES string of the molecule is CCNCc1ccc(S(=O)(=O)NCC2(CCOC)CC2)s1. The van der Waals surface area contributed by atoms with Crippen molar-refractivity contribution >= 4 is 21.4 Å². The Labute approximate surface area is 131 Å². The molecule has 0 bridgehead atoms. The zero-order valence-corrected chi connectivity index (χ0v) is 14.3. The van der Waals surface area contributed by atoms with Gasteiger partial charge in [-0.05, 0) is 43.4 Å². The summed E-state index contributed by atoms with van der Waals surface area (Å²) < 4.78 is 32.9. The lowest BCUT2D eigenvalue weighted by Gasteiger charge is -2.15. The van der Waals surface area contributed by atoms with E-state index >= 15 is 0 Å². The minimum absolute atomic E-state index is 0.118. The molecule has 2 N–H and O–H groups in total. The molecule has 1 fully saturated rings. The second-order valence-electron chi connectivity index (χ2n) is 5.57. The number of sulfonamides is 1. The lowest BCUT2D eigenvalue weighted by atomic mass is 10.0. The standard InChI is InChI=1S/C14H24N2O3S2/c1-3-15-10-12-4-5-13(20-12)21(17,18)16-11-14(6-7-14)8-9-19-2/h4-5,15-16H,3,6-11H2,1-2H3. The van der Waals surface area contributed by atoms with Crippen molar-refractivity contribution in [3.8, 4) is 0 Å². The Bertz CT molecular complexity index is 550. The number of nitrogens with one attached hydrogen (secondary N) is 2. The van der Waals surface area contributed by atoms with Crippen LogP contribution in [0.15, 0.2) is 16.3 Å². The highest BCUT2D eigenvalue weighted by atomic mass is 32.2. The van der Waals surface area contributed by atoms with Gasteiger partial charge in [0.1, 0.15) is 4.21 Å². The molecule has 0 unspecified atom stereocenters. The highest BCUT2D eigenvalue weighted by molar-refractivity contribution is 7.91. The molecule has 0 spiro atoms. The molecule has 0 aliphatic heterocycles. The van der Waals surface area contributed by atoms with Gasteiger partial charge >= 0.3 is 0 Å². The molecule has 1 heterocycles. The molecule has 1 saturated carbocycles. The number of thiophene rings is 1. The summed E-state index contributed by atoms with van der Waals surface area (Å²) in [4.78, 5) is 1.04. The van der Waals surface area contributed by atoms with Gasteiger partial charge in [-0.3, -0.25) is 0 Å². The maximum absolute atomic E-state index is 12.3. The van der Waals surface area contributed by atoms with Gasteiger partial charge in [0.2, 0.25) is 10.0 Å². The number of rotatable bonds is 10. The molecule has 1 aliphatic rings. The van der Waals surface area contributed by atoms with Crippen LogP contribution in [0.3, 0.4) is 0 Å². The third kappa shape index (κ3) is 4.75. The van der Waals surface area contributed by atoms with E-state index in [0.717, 1.165) is 30.7 Å². The predicted octanol–water partition coefficient (Wildman–Crippen LogP) is 1.95. The first-order chi connectivity index (χ1) is 10.0. The van der Waals surface area contributed by atoms with Gasteiger partial charge < -0.3 is 10.1 Å². The van der Waals surface area contributed by atoms with Gasteiger partial charge in [0.05, 0.1) is 0 Å². The molecule has 1 aliphatic carbocycles. The minimum Gasteiger partial charge on any atom is -0.385 e. The molecule has 120 valence electrons. The van der Waals surface area contributed by atoms with Crippen molar-refractivity contribution in [3.05, 3.63) is 17.0 Å². The van der Waals surface area contributed by atoms with Gasteiger partial charge in [-0.2, -0.15) is 0 Å². The Morgan fingerprint density at radius 3 is 2.76 bits per heavy atom. The molecule has 7 heteroatoms. The van der Waals surface area contributed by atoms with Crippen LogP contribution in [0.2, 0.25) is 0 Å². The number of hydrogen-bond donors (Lipinski definition) is 2. The molecule has 21 heavy (non-hydrogen) atoms. The maximum Gasteiger partial charge on any atom is 0.250 e. The van der Waals surface area contributed by atoms with Gasteiger partial charge in [0.25, 0.3) is 0 Å². The summed E-state index contributed by atoms with van der Waals surface area (Å²) in [6, 6.07) is 3.56. The largest absolute Gasteiger partial charge is 0.385 e. The summed E-state index contributed by atoms with van der Waals surface area (Å²) in [5.74, 6) is 0. The second kappa shape index (κ2) is 7.19. The average molecular weight is 332 g/mol. The quantitative estimate of drug-likeness (QED) is 0.687. The molecule has 0 amide bonds. The Kier molecular flexibility index (Phi) is 5.79. The van der Waals surface area contributed by atoms with Crippen molar-refractivity contribution in [3.63, 3.8) is 0 Å². The first-order valence-electron chi connectivity index (χ1n) is 7.29. The Hall–Kier alpha value is -0.470. The minimum atomic E-state index is -3.38. The Balaban J connectivity index is 1.91. The summed E-state index contributed by atoms with van der Waals surface area (Å²) in [7, 11) is -1.70. The summed E-state index contributed by atoms with van der Waals surface area (Å²) in [6.07, 6.45) is 3.08. The predicted molar refractivity (Wildman–Crippen MR) is 85.0 cm³/mol. The van der Waals surface area contributed by atoms with E-state index in [-0.39, 0.29) is 5.41 Å². The molecular formula is C14H24N2O3S2. The monoisotopic (exact) mass is 332 g/mol. The molecule has 0 radical (unpaired) electrons. The Morgan fingerprint density at radius 2 is 2.14 bits per heavy atom. The highest BCUT2D eigenvalue weighted by Gasteiger charge is 2.42. The van der Waals surface area contributed by atoms with E-state index in [9.17, 15) is 8.42 Å². The molecule has 0 saturated heterocycles. The van der Waals surface area contributed by atoms with Crippen molar-refractivity contribution in [1.82, 2.24) is 10.0 Å². The fourth-order valence-corrected chi connectivity index (χ4v) is 4.70. The molecular weight excluding hydrogens is 308 g/mol. The molecule has 5 nitrogen and oxygen atoms in total. The first kappa shape index (κ1) is 16.9. The van der Waals surface area contributed by atoms with Crippen molar-refractivity contribution in [2.24, 2.45) is 5.41 Å². The molecule has 1 aromatic rings. The van der Waals surface area contributed by atoms with Crippen molar-refractivity contribution < 1.29 is 13.2 Å². The van der Waals surface area contributed by atoms with E-state index in [0.29, 0.717) is 23.9 Å². The normalized spacial score (nSPS) is 17.0. The van der Waals surface area contributed by atoms with Crippen LogP contribution >= 0.6 is 11.3 Å². The van der Waals surface area contributed by atoms with Gasteiger partial charge in [0.15, 0.2) is 0 Å². The number of methoxy groups -OCH3 is 1. The van der Waals surface area contributed by atoms with Crippen LogP contribution in [0.5, 0.6) is 0 Å². The zero-order valence-electron chi connectivity index (χ0n) is 12.6. The summed E-state index contributed by atoms with van der Waals surface area (Å²) in [6.45, 7) is 4.82. The fraction of sp³-hybridized carbons (Fsp3) is 0.714. The van der Waals surface area contributed by atoms with Gasteiger partial charge in [-0.25, -0.2) is 13.1 Å². The molecule has 0 aromatic carbocycles. The number of hydrogen-bond acceptors (Lipinski definition) is 5. The third-order valence-electron chi connectivity index (χ3n) is 3.88. The zero-order chi connectivity index (χ0) is 15.3. The number of ether oxygens (including phenoxy) is 1. The summed E-state index contributed by atoms with van der Waals surface area (Å²) >= 11 is 1.33. The topological polar surface area (TPSA) is 67.4 Å². The van der Waals surface area contributed by atoms with Crippen LogP contribution < -0.4 is 10.0 Å². The van der Waals surface area contributed by atoms with Crippen molar-refractivity contribution in [2.45, 2.75) is 36.9 Å². The van der Waals surface area contributed by atoms with E-state index in [4.69, 9.17) is 4.74 Å². The van der Waals surface area contributed by atoms with Crippen molar-refractivity contribution in [2.75, 3.05) is 26.8 Å². The van der Waals surface area contributed by atoms with E-state index in [1.165, 1.54) is 11.3 Å². The fourth-order valence-electron chi connectivity index (χ4n) is 2.18. The maximum atomic E-state index is 12.3. The molecule has 0 atom stereocenters.